The van der Waals surface area contributed by atoms with Crippen molar-refractivity contribution >= 4 is 21.9 Å². The number of rotatable bonds is 3. The highest BCUT2D eigenvalue weighted by molar-refractivity contribution is 9.10. The van der Waals surface area contributed by atoms with E-state index in [2.05, 4.69) is 20.7 Å². The van der Waals surface area contributed by atoms with Gasteiger partial charge in [-0.05, 0) is 28.1 Å². The number of benzene rings is 1. The fourth-order valence-corrected chi connectivity index (χ4v) is 1.18. The Bertz CT molecular complexity index is 341. The van der Waals surface area contributed by atoms with Crippen LogP contribution >= 0.6 is 15.9 Å². The molecule has 1 aromatic rings. The summed E-state index contributed by atoms with van der Waals surface area (Å²) in [6, 6.07) is 4.20. The van der Waals surface area contributed by atoms with Gasteiger partial charge in [0.15, 0.2) is 0 Å². The minimum Gasteiger partial charge on any atom is -0.424 e. The molecule has 0 heterocycles. The molecule has 0 bridgehead atoms. The third kappa shape index (κ3) is 2.78. The van der Waals surface area contributed by atoms with E-state index in [0.717, 1.165) is 0 Å². The van der Waals surface area contributed by atoms with Gasteiger partial charge >= 0.3 is 5.97 Å². The minimum absolute atomic E-state index is 0.129. The van der Waals surface area contributed by atoms with Crippen molar-refractivity contribution in [3.05, 3.63) is 28.5 Å². The van der Waals surface area contributed by atoms with Crippen LogP contribution in [0.15, 0.2) is 22.7 Å². The first kappa shape index (κ1) is 11.1. The van der Waals surface area contributed by atoms with Crippen LogP contribution in [0, 0.1) is 5.82 Å². The summed E-state index contributed by atoms with van der Waals surface area (Å²) in [5.41, 5.74) is 0. The molecule has 1 rings (SSSR count). The quantitative estimate of drug-likeness (QED) is 0.619. The second-order valence-electron chi connectivity index (χ2n) is 2.46. The summed E-state index contributed by atoms with van der Waals surface area (Å²) in [5.74, 6) is -0.904. The van der Waals surface area contributed by atoms with Gasteiger partial charge in [0.05, 0.1) is 4.47 Å². The van der Waals surface area contributed by atoms with Crippen LogP contribution in [0.4, 0.5) is 4.39 Å². The number of carbonyl (C=O) groups excluding carboxylic acids is 1. The van der Waals surface area contributed by atoms with Gasteiger partial charge in [-0.3, -0.25) is 0 Å². The van der Waals surface area contributed by atoms with Gasteiger partial charge in [-0.2, -0.15) is 0 Å². The Morgan fingerprint density at radius 3 is 2.93 bits per heavy atom. The van der Waals surface area contributed by atoms with Crippen LogP contribution in [0.1, 0.15) is 0 Å². The maximum absolute atomic E-state index is 12.9. The van der Waals surface area contributed by atoms with E-state index < -0.39 is 11.8 Å². The lowest BCUT2D eigenvalue weighted by Crippen LogP contribution is -2.14. The Morgan fingerprint density at radius 2 is 2.29 bits per heavy atom. The molecule has 0 aromatic heterocycles. The number of methoxy groups -OCH3 is 1. The molecule has 0 saturated heterocycles. The monoisotopic (exact) mass is 262 g/mol. The summed E-state index contributed by atoms with van der Waals surface area (Å²) in [4.78, 5) is 11.0. The Balaban J connectivity index is 2.76. The summed E-state index contributed by atoms with van der Waals surface area (Å²) >= 11 is 2.97. The van der Waals surface area contributed by atoms with Crippen molar-refractivity contribution in [3.8, 4) is 5.75 Å². The van der Waals surface area contributed by atoms with Gasteiger partial charge < -0.3 is 9.47 Å². The average molecular weight is 263 g/mol. The lowest BCUT2D eigenvalue weighted by Gasteiger charge is -2.05. The molecule has 0 aliphatic rings. The third-order valence-corrected chi connectivity index (χ3v) is 2.17. The SMILES string of the molecule is COCC(=O)Oc1cccc(F)c1Br. The second-order valence-corrected chi connectivity index (χ2v) is 3.25. The number of halogens is 2. The van der Waals surface area contributed by atoms with Crippen molar-refractivity contribution in [2.75, 3.05) is 13.7 Å². The van der Waals surface area contributed by atoms with E-state index in [1.165, 1.54) is 25.3 Å². The smallest absolute Gasteiger partial charge is 0.337 e. The molecule has 0 radical (unpaired) electrons. The van der Waals surface area contributed by atoms with Gasteiger partial charge in [-0.1, -0.05) is 6.07 Å². The molecule has 5 heteroatoms. The molecule has 0 aliphatic carbocycles. The van der Waals surface area contributed by atoms with E-state index in [1.807, 2.05) is 0 Å². The van der Waals surface area contributed by atoms with Crippen LogP contribution in [0.5, 0.6) is 5.75 Å². The van der Waals surface area contributed by atoms with Crippen molar-refractivity contribution < 1.29 is 18.7 Å². The highest BCUT2D eigenvalue weighted by atomic mass is 79.9. The van der Waals surface area contributed by atoms with Crippen LogP contribution in [-0.4, -0.2) is 19.7 Å². The lowest BCUT2D eigenvalue weighted by atomic mass is 10.3. The van der Waals surface area contributed by atoms with Gasteiger partial charge in [0.25, 0.3) is 0 Å². The summed E-state index contributed by atoms with van der Waals surface area (Å²) in [6.45, 7) is -0.164. The molecule has 0 unspecified atom stereocenters. The van der Waals surface area contributed by atoms with Crippen LogP contribution in [0.25, 0.3) is 0 Å². The fraction of sp³-hybridized carbons (Fsp3) is 0.222. The highest BCUT2D eigenvalue weighted by Gasteiger charge is 2.10. The molecular weight excluding hydrogens is 255 g/mol. The fourth-order valence-electron chi connectivity index (χ4n) is 0.833. The predicted octanol–water partition coefficient (Wildman–Crippen LogP) is 2.14. The van der Waals surface area contributed by atoms with Crippen LogP contribution < -0.4 is 4.74 Å². The number of hydrogen-bond donors (Lipinski definition) is 0. The van der Waals surface area contributed by atoms with E-state index in [0.29, 0.717) is 0 Å². The first-order chi connectivity index (χ1) is 6.65. The third-order valence-electron chi connectivity index (χ3n) is 1.40. The Kier molecular flexibility index (Phi) is 4.03. The van der Waals surface area contributed by atoms with E-state index in [4.69, 9.17) is 4.74 Å². The van der Waals surface area contributed by atoms with Gasteiger partial charge in [-0.15, -0.1) is 0 Å². The van der Waals surface area contributed by atoms with E-state index >= 15 is 0 Å². The zero-order valence-electron chi connectivity index (χ0n) is 7.42. The molecule has 76 valence electrons. The first-order valence-corrected chi connectivity index (χ1v) is 4.58. The molecule has 0 spiro atoms. The summed E-state index contributed by atoms with van der Waals surface area (Å²) < 4.78 is 22.5. The van der Waals surface area contributed by atoms with E-state index in [-0.39, 0.29) is 16.8 Å². The van der Waals surface area contributed by atoms with Crippen molar-refractivity contribution in [2.24, 2.45) is 0 Å². The van der Waals surface area contributed by atoms with Crippen LogP contribution in [0.3, 0.4) is 0 Å². The average Bonchev–Trinajstić information content (AvgIpc) is 2.13. The zero-order chi connectivity index (χ0) is 10.6. The molecule has 0 atom stereocenters. The van der Waals surface area contributed by atoms with Gasteiger partial charge in [-0.25, -0.2) is 9.18 Å². The van der Waals surface area contributed by atoms with Gasteiger partial charge in [0.1, 0.15) is 18.2 Å². The largest absolute Gasteiger partial charge is 0.424 e. The molecule has 0 amide bonds. The minimum atomic E-state index is -0.571. The summed E-state index contributed by atoms with van der Waals surface area (Å²) in [6.07, 6.45) is 0. The molecule has 0 N–H and O–H groups in total. The molecule has 0 aliphatic heterocycles. The normalized spacial score (nSPS) is 9.93. The Hall–Kier alpha value is -0.940. The molecule has 1 aromatic carbocycles. The number of esters is 1. The van der Waals surface area contributed by atoms with E-state index in [9.17, 15) is 9.18 Å². The molecule has 0 fully saturated rings. The molecule has 14 heavy (non-hydrogen) atoms. The number of ether oxygens (including phenoxy) is 2. The van der Waals surface area contributed by atoms with Crippen LogP contribution in [0.2, 0.25) is 0 Å². The van der Waals surface area contributed by atoms with Crippen molar-refractivity contribution in [1.82, 2.24) is 0 Å². The summed E-state index contributed by atoms with van der Waals surface area (Å²) in [5, 5.41) is 0. The van der Waals surface area contributed by atoms with Crippen molar-refractivity contribution in [1.29, 1.82) is 0 Å². The van der Waals surface area contributed by atoms with Crippen molar-refractivity contribution in [2.45, 2.75) is 0 Å². The summed E-state index contributed by atoms with van der Waals surface area (Å²) in [7, 11) is 1.38. The first-order valence-electron chi connectivity index (χ1n) is 3.78. The highest BCUT2D eigenvalue weighted by Crippen LogP contribution is 2.27. The lowest BCUT2D eigenvalue weighted by molar-refractivity contribution is -0.138. The molecule has 3 nitrogen and oxygen atoms in total. The Morgan fingerprint density at radius 1 is 1.57 bits per heavy atom. The predicted molar refractivity (Wildman–Crippen MR) is 51.6 cm³/mol. The van der Waals surface area contributed by atoms with Crippen molar-refractivity contribution in [3.63, 3.8) is 0 Å². The molecular formula is C9H8BrFO3. The standard InChI is InChI=1S/C9H8BrFO3/c1-13-5-8(12)14-7-4-2-3-6(11)9(7)10/h2-4H,5H2,1H3. The second kappa shape index (κ2) is 5.07. The van der Waals surface area contributed by atoms with Gasteiger partial charge in [0, 0.05) is 7.11 Å². The number of carbonyl (C=O) groups is 1. The maximum atomic E-state index is 12.9. The molecule has 0 saturated carbocycles. The van der Waals surface area contributed by atoms with Gasteiger partial charge in [0.2, 0.25) is 0 Å². The number of hydrogen-bond acceptors (Lipinski definition) is 3. The zero-order valence-corrected chi connectivity index (χ0v) is 9.01. The van der Waals surface area contributed by atoms with E-state index in [1.54, 1.807) is 0 Å². The maximum Gasteiger partial charge on any atom is 0.337 e. The Labute approximate surface area is 88.9 Å². The van der Waals surface area contributed by atoms with Crippen LogP contribution in [-0.2, 0) is 9.53 Å². The topological polar surface area (TPSA) is 35.5 Å².